The van der Waals surface area contributed by atoms with Crippen LogP contribution in [0.5, 0.6) is 0 Å². The summed E-state index contributed by atoms with van der Waals surface area (Å²) in [5.41, 5.74) is 2.29. The number of nitrogens with one attached hydrogen (secondary N) is 1. The number of hydrogen-bond donors (Lipinski definition) is 1. The van der Waals surface area contributed by atoms with Crippen molar-refractivity contribution in [3.05, 3.63) is 47.9 Å². The Labute approximate surface area is 143 Å². The molecule has 2 heterocycles. The van der Waals surface area contributed by atoms with E-state index in [2.05, 4.69) is 27.1 Å². The highest BCUT2D eigenvalue weighted by Crippen LogP contribution is 2.18. The highest BCUT2D eigenvalue weighted by Gasteiger charge is 2.14. The van der Waals surface area contributed by atoms with Gasteiger partial charge in [0.25, 0.3) is 5.91 Å². The molecule has 1 aromatic heterocycles. The van der Waals surface area contributed by atoms with Crippen LogP contribution in [0.3, 0.4) is 0 Å². The third-order valence-electron chi connectivity index (χ3n) is 4.45. The lowest BCUT2D eigenvalue weighted by molar-refractivity contribution is 0.102. The monoisotopic (exact) mass is 324 g/mol. The first-order valence-corrected chi connectivity index (χ1v) is 8.74. The lowest BCUT2D eigenvalue weighted by Gasteiger charge is -2.20. The number of carbonyl (C=O) groups excluding carboxylic acids is 1. The zero-order valence-corrected chi connectivity index (χ0v) is 14.2. The number of aromatic nitrogens is 2. The second kappa shape index (κ2) is 7.90. The fraction of sp³-hybridized carbons (Fsp3) is 0.421. The molecule has 126 valence electrons. The van der Waals surface area contributed by atoms with Gasteiger partial charge in [0.1, 0.15) is 11.5 Å². The van der Waals surface area contributed by atoms with Gasteiger partial charge in [0.2, 0.25) is 0 Å². The van der Waals surface area contributed by atoms with Crippen LogP contribution in [0.4, 0.5) is 11.5 Å². The van der Waals surface area contributed by atoms with E-state index < -0.39 is 0 Å². The molecule has 1 amide bonds. The van der Waals surface area contributed by atoms with Crippen molar-refractivity contribution < 1.29 is 4.79 Å². The van der Waals surface area contributed by atoms with E-state index in [9.17, 15) is 4.79 Å². The van der Waals surface area contributed by atoms with Gasteiger partial charge in [-0.2, -0.15) is 0 Å². The molecule has 1 N–H and O–H groups in total. The van der Waals surface area contributed by atoms with Crippen LogP contribution in [-0.4, -0.2) is 29.0 Å². The smallest absolute Gasteiger partial charge is 0.275 e. The number of nitrogens with zero attached hydrogens (tertiary/aromatic N) is 3. The standard InChI is InChI=1S/C19H24N4O/c1-2-15-9-5-6-10-16(15)22-19(24)17-13-21-18(14-20-17)23-11-7-3-4-8-12-23/h5-6,9-10,13-14H,2-4,7-8,11-12H2,1H3,(H,22,24). The number of anilines is 2. The molecule has 0 atom stereocenters. The zero-order valence-electron chi connectivity index (χ0n) is 14.2. The van der Waals surface area contributed by atoms with Crippen LogP contribution in [0.2, 0.25) is 0 Å². The molecule has 24 heavy (non-hydrogen) atoms. The van der Waals surface area contributed by atoms with Gasteiger partial charge >= 0.3 is 0 Å². The largest absolute Gasteiger partial charge is 0.355 e. The molecule has 1 aliphatic rings. The van der Waals surface area contributed by atoms with Crippen LogP contribution < -0.4 is 10.2 Å². The van der Waals surface area contributed by atoms with Gasteiger partial charge in [0, 0.05) is 18.8 Å². The molecule has 0 aliphatic carbocycles. The molecule has 1 aromatic carbocycles. The minimum absolute atomic E-state index is 0.217. The molecule has 2 aromatic rings. The summed E-state index contributed by atoms with van der Waals surface area (Å²) in [4.78, 5) is 23.4. The highest BCUT2D eigenvalue weighted by atomic mass is 16.1. The Bertz CT molecular complexity index is 676. The summed E-state index contributed by atoms with van der Waals surface area (Å²) < 4.78 is 0. The van der Waals surface area contributed by atoms with Crippen molar-refractivity contribution in [1.29, 1.82) is 0 Å². The maximum atomic E-state index is 12.4. The highest BCUT2D eigenvalue weighted by molar-refractivity contribution is 6.03. The van der Waals surface area contributed by atoms with Gasteiger partial charge in [-0.15, -0.1) is 0 Å². The van der Waals surface area contributed by atoms with Crippen molar-refractivity contribution in [3.8, 4) is 0 Å². The van der Waals surface area contributed by atoms with E-state index in [0.717, 1.165) is 36.6 Å². The lowest BCUT2D eigenvalue weighted by atomic mass is 10.1. The molecule has 3 rings (SSSR count). The van der Waals surface area contributed by atoms with Crippen LogP contribution in [0.25, 0.3) is 0 Å². The summed E-state index contributed by atoms with van der Waals surface area (Å²) >= 11 is 0. The number of benzene rings is 1. The Morgan fingerprint density at radius 1 is 1.08 bits per heavy atom. The number of aryl methyl sites for hydroxylation is 1. The molecule has 5 heteroatoms. The molecule has 0 radical (unpaired) electrons. The van der Waals surface area contributed by atoms with Crippen LogP contribution in [0, 0.1) is 0 Å². The molecule has 0 saturated carbocycles. The average molecular weight is 324 g/mol. The first-order valence-electron chi connectivity index (χ1n) is 8.74. The SMILES string of the molecule is CCc1ccccc1NC(=O)c1cnc(N2CCCCCC2)cn1. The maximum absolute atomic E-state index is 12.4. The summed E-state index contributed by atoms with van der Waals surface area (Å²) in [5.74, 6) is 0.647. The molecule has 1 saturated heterocycles. The lowest BCUT2D eigenvalue weighted by Crippen LogP contribution is -2.25. The van der Waals surface area contributed by atoms with Gasteiger partial charge < -0.3 is 10.2 Å². The quantitative estimate of drug-likeness (QED) is 0.932. The normalized spacial score (nSPS) is 15.0. The Balaban J connectivity index is 1.69. The van der Waals surface area contributed by atoms with Crippen LogP contribution in [-0.2, 0) is 6.42 Å². The third kappa shape index (κ3) is 3.91. The van der Waals surface area contributed by atoms with Gasteiger partial charge in [-0.3, -0.25) is 4.79 Å². The number of amides is 1. The molecule has 0 bridgehead atoms. The van der Waals surface area contributed by atoms with Crippen LogP contribution in [0.15, 0.2) is 36.7 Å². The van der Waals surface area contributed by atoms with E-state index in [1.807, 2.05) is 24.3 Å². The summed E-state index contributed by atoms with van der Waals surface area (Å²) in [7, 11) is 0. The van der Waals surface area contributed by atoms with Crippen molar-refractivity contribution in [1.82, 2.24) is 9.97 Å². The van der Waals surface area contributed by atoms with E-state index in [4.69, 9.17) is 0 Å². The molecule has 1 aliphatic heterocycles. The first-order chi connectivity index (χ1) is 11.8. The molecule has 0 spiro atoms. The van der Waals surface area contributed by atoms with Gasteiger partial charge in [-0.25, -0.2) is 9.97 Å². The van der Waals surface area contributed by atoms with Crippen molar-refractivity contribution >= 4 is 17.4 Å². The second-order valence-corrected chi connectivity index (χ2v) is 6.13. The summed E-state index contributed by atoms with van der Waals surface area (Å²) in [5, 5.41) is 2.93. The molecule has 5 nitrogen and oxygen atoms in total. The Kier molecular flexibility index (Phi) is 5.41. The predicted octanol–water partition coefficient (Wildman–Crippen LogP) is 3.67. The van der Waals surface area contributed by atoms with E-state index in [0.29, 0.717) is 5.69 Å². The van der Waals surface area contributed by atoms with Crippen molar-refractivity contribution in [3.63, 3.8) is 0 Å². The average Bonchev–Trinajstić information content (AvgIpc) is 2.92. The molecular formula is C19H24N4O. The molecular weight excluding hydrogens is 300 g/mol. The van der Waals surface area contributed by atoms with Crippen molar-refractivity contribution in [2.24, 2.45) is 0 Å². The fourth-order valence-corrected chi connectivity index (χ4v) is 3.04. The zero-order chi connectivity index (χ0) is 16.8. The predicted molar refractivity (Wildman–Crippen MR) is 96.5 cm³/mol. The van der Waals surface area contributed by atoms with Gasteiger partial charge in [0.15, 0.2) is 0 Å². The minimum Gasteiger partial charge on any atom is -0.355 e. The van der Waals surface area contributed by atoms with Crippen molar-refractivity contribution in [2.45, 2.75) is 39.0 Å². The summed E-state index contributed by atoms with van der Waals surface area (Å²) in [6.45, 7) is 4.11. The van der Waals surface area contributed by atoms with Gasteiger partial charge in [0.05, 0.1) is 12.4 Å². The summed E-state index contributed by atoms with van der Waals surface area (Å²) in [6, 6.07) is 7.83. The minimum atomic E-state index is -0.217. The first kappa shape index (κ1) is 16.4. The fourth-order valence-electron chi connectivity index (χ4n) is 3.04. The second-order valence-electron chi connectivity index (χ2n) is 6.13. The maximum Gasteiger partial charge on any atom is 0.275 e. The van der Waals surface area contributed by atoms with Crippen LogP contribution in [0.1, 0.15) is 48.7 Å². The van der Waals surface area contributed by atoms with Gasteiger partial charge in [-0.1, -0.05) is 38.0 Å². The van der Waals surface area contributed by atoms with E-state index >= 15 is 0 Å². The Morgan fingerprint density at radius 3 is 2.50 bits per heavy atom. The number of para-hydroxylation sites is 1. The number of rotatable bonds is 4. The van der Waals surface area contributed by atoms with Crippen molar-refractivity contribution in [2.75, 3.05) is 23.3 Å². The van der Waals surface area contributed by atoms with E-state index in [1.54, 1.807) is 12.4 Å². The van der Waals surface area contributed by atoms with E-state index in [-0.39, 0.29) is 5.91 Å². The van der Waals surface area contributed by atoms with Gasteiger partial charge in [-0.05, 0) is 30.9 Å². The third-order valence-corrected chi connectivity index (χ3v) is 4.45. The molecule has 0 unspecified atom stereocenters. The number of carbonyl (C=O) groups is 1. The Hall–Kier alpha value is -2.43. The topological polar surface area (TPSA) is 58.1 Å². The van der Waals surface area contributed by atoms with Crippen LogP contribution >= 0.6 is 0 Å². The summed E-state index contributed by atoms with van der Waals surface area (Å²) in [6.07, 6.45) is 9.10. The molecule has 1 fully saturated rings. The number of hydrogen-bond acceptors (Lipinski definition) is 4. The van der Waals surface area contributed by atoms with E-state index in [1.165, 1.54) is 25.7 Å². The Morgan fingerprint density at radius 2 is 1.83 bits per heavy atom.